The Morgan fingerprint density at radius 2 is 1.06 bits per heavy atom. The van der Waals surface area contributed by atoms with Crippen LogP contribution in [0.2, 0.25) is 0 Å². The van der Waals surface area contributed by atoms with Crippen molar-refractivity contribution in [3.8, 4) is 34.0 Å². The van der Waals surface area contributed by atoms with Gasteiger partial charge in [-0.15, -0.1) is 0 Å². The third-order valence-electron chi connectivity index (χ3n) is 8.60. The second-order valence-corrected chi connectivity index (χ2v) is 11.6. The van der Waals surface area contributed by atoms with Crippen LogP contribution in [0.4, 0.5) is 0 Å². The average Bonchev–Trinajstić information content (AvgIpc) is 1.56. The molecule has 0 aliphatic heterocycles. The lowest BCUT2D eigenvalue weighted by Crippen LogP contribution is -2.03. The van der Waals surface area contributed by atoms with E-state index >= 15 is 0 Å². The number of aromatic nitrogens is 4. The Bertz CT molecular complexity index is 4870. The van der Waals surface area contributed by atoms with E-state index in [1.165, 1.54) is 6.92 Å². The SMILES string of the molecule is [2H]c1c([2H])c([2H])c(-c2c([2H])c([2H])c3c(-c4c([2H])c([2H])c5c([2H])c([2H])c([2H])c([2H])c5c4[2H])nc(-n4c5c([2H])c([2H])c([2H])c([2H])c5c5c6c7c([2H])c([2H])c([2H])c([2H])c7n(-c7c([2H])c([2H])c(C)c([2H])c7[2H])c6c([2H])c([2H])c54)nc3c2[2H])c([2H])c1[2H]. The highest BCUT2D eigenvalue weighted by Crippen LogP contribution is 2.42. The van der Waals surface area contributed by atoms with Gasteiger partial charge in [0.25, 0.3) is 0 Å². The molecule has 53 heavy (non-hydrogen) atoms. The smallest absolute Gasteiger partial charge is 0.235 e. The molecule has 0 aliphatic carbocycles. The summed E-state index contributed by atoms with van der Waals surface area (Å²) in [6, 6.07) is -25.5. The molecule has 0 saturated carbocycles. The first-order valence-electron chi connectivity index (χ1n) is 30.2. The minimum Gasteiger partial charge on any atom is -0.309 e. The molecule has 0 aliphatic rings. The van der Waals surface area contributed by atoms with Crippen molar-refractivity contribution >= 4 is 65.3 Å². The highest BCUT2D eigenvalue weighted by atomic mass is 15.2. The minimum atomic E-state index is -1.00. The second kappa shape index (κ2) is 11.5. The van der Waals surface area contributed by atoms with Gasteiger partial charge in [0, 0.05) is 38.2 Å². The molecule has 0 spiro atoms. The van der Waals surface area contributed by atoms with Crippen LogP contribution in [0.25, 0.3) is 99.3 Å². The Balaban J connectivity index is 1.46. The third kappa shape index (κ3) is 4.56. The maximum absolute atomic E-state index is 9.93. The predicted octanol–water partition coefficient (Wildman–Crippen LogP) is 12.6. The van der Waals surface area contributed by atoms with Crippen LogP contribution < -0.4 is 0 Å². The molecule has 0 amide bonds. The Morgan fingerprint density at radius 1 is 0.434 bits per heavy atom. The van der Waals surface area contributed by atoms with Crippen molar-refractivity contribution in [1.29, 1.82) is 0 Å². The lowest BCUT2D eigenvalue weighted by molar-refractivity contribution is 1.01. The molecular formula is C49H32N4. The summed E-state index contributed by atoms with van der Waals surface area (Å²) in [5.74, 6) is -0.929. The summed E-state index contributed by atoms with van der Waals surface area (Å²) in [6.45, 7) is 1.30. The maximum Gasteiger partial charge on any atom is 0.235 e. The molecule has 11 aromatic rings. The number of hydrogen-bond acceptors (Lipinski definition) is 2. The number of fused-ring (bicyclic) bond motifs is 9. The molecule has 0 radical (unpaired) electrons. The van der Waals surface area contributed by atoms with Crippen molar-refractivity contribution in [3.05, 3.63) is 181 Å². The number of rotatable bonds is 4. The van der Waals surface area contributed by atoms with Crippen LogP contribution in [0.5, 0.6) is 0 Å². The molecule has 11 rings (SSSR count). The topological polar surface area (TPSA) is 35.6 Å². The van der Waals surface area contributed by atoms with E-state index in [1.54, 1.807) is 0 Å². The first kappa shape index (κ1) is 12.9. The lowest BCUT2D eigenvalue weighted by atomic mass is 9.99. The molecule has 0 bridgehead atoms. The van der Waals surface area contributed by atoms with Crippen molar-refractivity contribution < 1.29 is 39.8 Å². The van der Waals surface area contributed by atoms with E-state index in [4.69, 9.17) is 24.7 Å². The molecule has 0 unspecified atom stereocenters. The van der Waals surface area contributed by atoms with E-state index in [2.05, 4.69) is 9.97 Å². The van der Waals surface area contributed by atoms with Gasteiger partial charge >= 0.3 is 0 Å². The Hall–Kier alpha value is -7.04. The van der Waals surface area contributed by atoms with Gasteiger partial charge in [0.05, 0.1) is 73.0 Å². The monoisotopic (exact) mass is 705 g/mol. The van der Waals surface area contributed by atoms with E-state index in [9.17, 15) is 15.1 Å². The van der Waals surface area contributed by atoms with Crippen molar-refractivity contribution in [3.63, 3.8) is 0 Å². The van der Waals surface area contributed by atoms with Crippen molar-refractivity contribution in [2.75, 3.05) is 0 Å². The highest BCUT2D eigenvalue weighted by molar-refractivity contribution is 6.28. The van der Waals surface area contributed by atoms with Crippen LogP contribution in [0, 0.1) is 6.92 Å². The molecule has 0 N–H and O–H groups in total. The molecule has 248 valence electrons. The fourth-order valence-electron chi connectivity index (χ4n) is 6.35. The van der Waals surface area contributed by atoms with Gasteiger partial charge in [-0.3, -0.25) is 4.57 Å². The molecule has 4 heteroatoms. The molecule has 0 saturated heterocycles. The average molecular weight is 706 g/mol. The molecule has 3 aromatic heterocycles. The Morgan fingerprint density at radius 3 is 1.81 bits per heavy atom. The fourth-order valence-corrected chi connectivity index (χ4v) is 6.35. The van der Waals surface area contributed by atoms with E-state index in [-0.39, 0.29) is 5.56 Å². The zero-order valence-electron chi connectivity index (χ0n) is 55.8. The van der Waals surface area contributed by atoms with Gasteiger partial charge in [0.15, 0.2) is 0 Å². The van der Waals surface area contributed by atoms with Crippen LogP contribution in [-0.4, -0.2) is 19.1 Å². The van der Waals surface area contributed by atoms with Crippen LogP contribution in [0.3, 0.4) is 0 Å². The molecule has 3 heterocycles. The van der Waals surface area contributed by atoms with Gasteiger partial charge in [-0.05, 0) is 83.2 Å². The van der Waals surface area contributed by atoms with Crippen molar-refractivity contribution in [2.24, 2.45) is 0 Å². The summed E-state index contributed by atoms with van der Waals surface area (Å²) in [7, 11) is 0. The summed E-state index contributed by atoms with van der Waals surface area (Å²) in [4.78, 5) is 9.28. The van der Waals surface area contributed by atoms with Crippen LogP contribution in [0.1, 0.15) is 45.3 Å². The highest BCUT2D eigenvalue weighted by Gasteiger charge is 2.22. The van der Waals surface area contributed by atoms with Crippen LogP contribution in [0.15, 0.2) is 175 Å². The molecule has 0 atom stereocenters. The fraction of sp³-hybridized carbons (Fsp3) is 0.0204. The first-order chi connectivity index (χ1) is 38.3. The summed E-state index contributed by atoms with van der Waals surface area (Å²) in [5.41, 5.74) is -7.26. The summed E-state index contributed by atoms with van der Waals surface area (Å²) in [6.07, 6.45) is 0. The van der Waals surface area contributed by atoms with E-state index in [1.807, 2.05) is 0 Å². The molecule has 8 aromatic carbocycles. The Labute approximate surface area is 346 Å². The van der Waals surface area contributed by atoms with E-state index in [0.717, 1.165) is 9.13 Å². The lowest BCUT2D eigenvalue weighted by Gasteiger charge is -2.13. The van der Waals surface area contributed by atoms with Crippen LogP contribution in [-0.2, 0) is 0 Å². The summed E-state index contributed by atoms with van der Waals surface area (Å²) >= 11 is 0. The number of hydrogen-bond donors (Lipinski definition) is 0. The van der Waals surface area contributed by atoms with Gasteiger partial charge in [-0.25, -0.2) is 9.97 Å². The van der Waals surface area contributed by atoms with E-state index < -0.39 is 275 Å². The Kier molecular flexibility index (Phi) is 2.79. The van der Waals surface area contributed by atoms with Gasteiger partial charge in [-0.1, -0.05) is 126 Å². The second-order valence-electron chi connectivity index (χ2n) is 11.6. The number of benzene rings is 8. The van der Waals surface area contributed by atoms with Gasteiger partial charge < -0.3 is 4.57 Å². The van der Waals surface area contributed by atoms with E-state index in [0.29, 0.717) is 0 Å². The predicted molar refractivity (Wildman–Crippen MR) is 221 cm³/mol. The van der Waals surface area contributed by atoms with Crippen molar-refractivity contribution in [2.45, 2.75) is 6.92 Å². The normalized spacial score (nSPS) is 19.5. The van der Waals surface area contributed by atoms with Crippen molar-refractivity contribution in [1.82, 2.24) is 19.1 Å². The molecule has 0 fully saturated rings. The zero-order valence-corrected chi connectivity index (χ0v) is 26.8. The summed E-state index contributed by atoms with van der Waals surface area (Å²) in [5, 5.41) is -4.00. The molecular weight excluding hydrogens is 645 g/mol. The molecule has 4 nitrogen and oxygen atoms in total. The van der Waals surface area contributed by atoms with Crippen LogP contribution >= 0.6 is 0 Å². The quantitative estimate of drug-likeness (QED) is 0.183. The van der Waals surface area contributed by atoms with Gasteiger partial charge in [0.2, 0.25) is 5.95 Å². The maximum atomic E-state index is 9.93. The van der Waals surface area contributed by atoms with Gasteiger partial charge in [0.1, 0.15) is 0 Å². The first-order valence-corrected chi connectivity index (χ1v) is 15.7. The standard InChI is InChI=1S/C49H32N4/c1-31-19-24-37(25-20-31)52-42-17-9-7-15-39(42)46-44(52)27-28-45-47(46)40-16-8-10-18-43(40)53(45)49-50-41-30-35(32-11-3-2-4-12-32)23-26-38(41)48(51-49)36-22-21-33-13-5-6-14-34(33)29-36/h2-30H,1H3/i2D,3D,4D,5D,6D,7D,8D,9D,10D,11D,12D,13D,14D,15D,16D,17D,18D,19D,20D,21D,22D,23D,24D,25D,26D,27D,28D,29D,30D. The number of nitrogens with zero attached hydrogens (tertiary/aromatic N) is 4. The largest absolute Gasteiger partial charge is 0.309 e. The zero-order chi connectivity index (χ0) is 60.3. The number of para-hydroxylation sites is 2. The summed E-state index contributed by atoms with van der Waals surface area (Å²) < 4.78 is 264. The minimum absolute atomic E-state index is 0.125. The third-order valence-corrected chi connectivity index (χ3v) is 8.60. The van der Waals surface area contributed by atoms with Gasteiger partial charge in [-0.2, -0.15) is 0 Å².